The van der Waals surface area contributed by atoms with E-state index in [4.69, 9.17) is 11.6 Å². The third kappa shape index (κ3) is 1.91. The first-order chi connectivity index (χ1) is 7.74. The van der Waals surface area contributed by atoms with E-state index in [0.717, 1.165) is 28.8 Å². The third-order valence-electron chi connectivity index (χ3n) is 2.52. The lowest BCUT2D eigenvalue weighted by Gasteiger charge is -2.09. The lowest BCUT2D eigenvalue weighted by Crippen LogP contribution is -1.97. The van der Waals surface area contributed by atoms with Crippen LogP contribution in [0.2, 0.25) is 5.15 Å². The van der Waals surface area contributed by atoms with E-state index in [1.54, 1.807) is 6.20 Å². The van der Waals surface area contributed by atoms with Crippen molar-refractivity contribution in [3.05, 3.63) is 41.1 Å². The van der Waals surface area contributed by atoms with E-state index in [9.17, 15) is 0 Å². The van der Waals surface area contributed by atoms with Gasteiger partial charge in [0, 0.05) is 23.5 Å². The largest absolute Gasteiger partial charge is 0.264 e. The average molecular weight is 234 g/mol. The second-order valence-electron chi connectivity index (χ2n) is 3.54. The van der Waals surface area contributed by atoms with Crippen molar-refractivity contribution in [2.24, 2.45) is 0 Å². The minimum atomic E-state index is 0.531. The fourth-order valence-corrected chi connectivity index (χ4v) is 1.94. The van der Waals surface area contributed by atoms with Crippen LogP contribution in [-0.2, 0) is 6.42 Å². The van der Waals surface area contributed by atoms with Crippen LogP contribution >= 0.6 is 11.6 Å². The third-order valence-corrected chi connectivity index (χ3v) is 2.85. The Hall–Kier alpha value is -1.48. The molecule has 0 N–H and O–H groups in total. The first-order valence-corrected chi connectivity index (χ1v) is 5.52. The summed E-state index contributed by atoms with van der Waals surface area (Å²) < 4.78 is 0. The van der Waals surface area contributed by atoms with Gasteiger partial charge in [-0.05, 0) is 25.0 Å². The molecule has 0 aliphatic heterocycles. The highest BCUT2D eigenvalue weighted by Crippen LogP contribution is 2.27. The van der Waals surface area contributed by atoms with E-state index in [1.165, 1.54) is 6.33 Å². The normalized spacial score (nSPS) is 10.4. The molecule has 0 amide bonds. The van der Waals surface area contributed by atoms with Gasteiger partial charge in [-0.25, -0.2) is 9.97 Å². The zero-order valence-corrected chi connectivity index (χ0v) is 9.99. The second-order valence-corrected chi connectivity index (χ2v) is 3.89. The highest BCUT2D eigenvalue weighted by atomic mass is 35.5. The van der Waals surface area contributed by atoms with Crippen LogP contribution in [0.25, 0.3) is 11.3 Å². The molecule has 2 aromatic rings. The molecule has 0 saturated carbocycles. The molecule has 82 valence electrons. The van der Waals surface area contributed by atoms with Gasteiger partial charge in [-0.1, -0.05) is 18.5 Å². The van der Waals surface area contributed by atoms with E-state index in [2.05, 4.69) is 15.0 Å². The maximum atomic E-state index is 6.07. The fraction of sp³-hybridized carbons (Fsp3) is 0.250. The Labute approximate surface area is 99.5 Å². The Morgan fingerprint density at radius 3 is 2.81 bits per heavy atom. The van der Waals surface area contributed by atoms with Gasteiger partial charge in [0.15, 0.2) is 0 Å². The molecule has 0 fully saturated rings. The Bertz CT molecular complexity index is 511. The Morgan fingerprint density at radius 2 is 2.12 bits per heavy atom. The van der Waals surface area contributed by atoms with Crippen molar-refractivity contribution >= 4 is 11.6 Å². The van der Waals surface area contributed by atoms with Crippen molar-refractivity contribution in [3.8, 4) is 11.3 Å². The van der Waals surface area contributed by atoms with Crippen LogP contribution in [0.5, 0.6) is 0 Å². The van der Waals surface area contributed by atoms with E-state index in [-0.39, 0.29) is 0 Å². The molecule has 0 unspecified atom stereocenters. The number of aryl methyl sites for hydroxylation is 1. The van der Waals surface area contributed by atoms with Crippen molar-refractivity contribution in [1.82, 2.24) is 15.0 Å². The fourth-order valence-electron chi connectivity index (χ4n) is 1.68. The molecule has 0 radical (unpaired) electrons. The minimum absolute atomic E-state index is 0.531. The molecular formula is C12H12ClN3. The number of halogens is 1. The molecule has 0 spiro atoms. The van der Waals surface area contributed by atoms with Gasteiger partial charge in [0.2, 0.25) is 0 Å². The summed E-state index contributed by atoms with van der Waals surface area (Å²) in [4.78, 5) is 12.4. The van der Waals surface area contributed by atoms with Gasteiger partial charge in [0.25, 0.3) is 0 Å². The van der Waals surface area contributed by atoms with Crippen LogP contribution in [0, 0.1) is 6.92 Å². The molecule has 0 saturated heterocycles. The predicted octanol–water partition coefficient (Wildman–Crippen LogP) is 3.06. The van der Waals surface area contributed by atoms with Crippen molar-refractivity contribution in [1.29, 1.82) is 0 Å². The number of pyridine rings is 1. The summed E-state index contributed by atoms with van der Waals surface area (Å²) in [6, 6.07) is 1.95. The molecular weight excluding hydrogens is 222 g/mol. The van der Waals surface area contributed by atoms with Gasteiger partial charge in [0.05, 0.1) is 5.69 Å². The highest BCUT2D eigenvalue weighted by Gasteiger charge is 2.11. The molecule has 0 aliphatic rings. The highest BCUT2D eigenvalue weighted by molar-refractivity contribution is 6.30. The van der Waals surface area contributed by atoms with Gasteiger partial charge in [-0.2, -0.15) is 0 Å². The summed E-state index contributed by atoms with van der Waals surface area (Å²) in [5.74, 6) is 0. The van der Waals surface area contributed by atoms with Crippen molar-refractivity contribution in [2.45, 2.75) is 20.3 Å². The summed E-state index contributed by atoms with van der Waals surface area (Å²) >= 11 is 6.07. The molecule has 2 rings (SSSR count). The summed E-state index contributed by atoms with van der Waals surface area (Å²) in [6.45, 7) is 4.06. The van der Waals surface area contributed by atoms with Crippen molar-refractivity contribution < 1.29 is 0 Å². The zero-order valence-electron chi connectivity index (χ0n) is 9.24. The van der Waals surface area contributed by atoms with Crippen LogP contribution in [-0.4, -0.2) is 15.0 Å². The maximum absolute atomic E-state index is 6.07. The Morgan fingerprint density at radius 1 is 1.31 bits per heavy atom. The number of hydrogen-bond donors (Lipinski definition) is 0. The van der Waals surface area contributed by atoms with Gasteiger partial charge in [-0.15, -0.1) is 0 Å². The maximum Gasteiger partial charge on any atom is 0.136 e. The molecule has 2 aromatic heterocycles. The van der Waals surface area contributed by atoms with Gasteiger partial charge < -0.3 is 0 Å². The van der Waals surface area contributed by atoms with Crippen LogP contribution < -0.4 is 0 Å². The number of rotatable bonds is 2. The van der Waals surface area contributed by atoms with Crippen LogP contribution in [0.4, 0.5) is 0 Å². The van der Waals surface area contributed by atoms with Gasteiger partial charge in [0.1, 0.15) is 11.5 Å². The van der Waals surface area contributed by atoms with E-state index in [0.29, 0.717) is 5.15 Å². The summed E-state index contributed by atoms with van der Waals surface area (Å²) in [5, 5.41) is 0.531. The summed E-state index contributed by atoms with van der Waals surface area (Å²) in [5.41, 5.74) is 4.05. The summed E-state index contributed by atoms with van der Waals surface area (Å²) in [6.07, 6.45) is 5.90. The number of hydrogen-bond acceptors (Lipinski definition) is 3. The Balaban J connectivity index is 2.65. The first-order valence-electron chi connectivity index (χ1n) is 5.14. The molecule has 0 aromatic carbocycles. The lowest BCUT2D eigenvalue weighted by molar-refractivity contribution is 1.05. The Kier molecular flexibility index (Phi) is 3.15. The predicted molar refractivity (Wildman–Crippen MR) is 64.4 cm³/mol. The van der Waals surface area contributed by atoms with E-state index in [1.807, 2.05) is 26.1 Å². The number of nitrogens with zero attached hydrogens (tertiary/aromatic N) is 3. The molecule has 16 heavy (non-hydrogen) atoms. The zero-order chi connectivity index (χ0) is 11.5. The van der Waals surface area contributed by atoms with Crippen LogP contribution in [0.3, 0.4) is 0 Å². The van der Waals surface area contributed by atoms with E-state index < -0.39 is 0 Å². The van der Waals surface area contributed by atoms with Gasteiger partial charge >= 0.3 is 0 Å². The molecule has 0 bridgehead atoms. The van der Waals surface area contributed by atoms with Gasteiger partial charge in [-0.3, -0.25) is 4.98 Å². The van der Waals surface area contributed by atoms with Crippen LogP contribution in [0.15, 0.2) is 24.8 Å². The molecule has 2 heterocycles. The topological polar surface area (TPSA) is 38.7 Å². The minimum Gasteiger partial charge on any atom is -0.264 e. The smallest absolute Gasteiger partial charge is 0.136 e. The number of aromatic nitrogens is 3. The van der Waals surface area contributed by atoms with Crippen molar-refractivity contribution in [2.75, 3.05) is 0 Å². The lowest BCUT2D eigenvalue weighted by atomic mass is 10.0. The van der Waals surface area contributed by atoms with Crippen molar-refractivity contribution in [3.63, 3.8) is 0 Å². The average Bonchev–Trinajstić information content (AvgIpc) is 2.29. The molecule has 0 atom stereocenters. The molecule has 0 aliphatic carbocycles. The first kappa shape index (κ1) is 11.0. The second kappa shape index (κ2) is 4.58. The SMILES string of the molecule is CCc1c(Cl)ncnc1-c1ccncc1C. The van der Waals surface area contributed by atoms with E-state index >= 15 is 0 Å². The monoisotopic (exact) mass is 233 g/mol. The summed E-state index contributed by atoms with van der Waals surface area (Å²) in [7, 11) is 0. The molecule has 4 heteroatoms. The van der Waals surface area contributed by atoms with Crippen LogP contribution in [0.1, 0.15) is 18.1 Å². The molecule has 3 nitrogen and oxygen atoms in total. The standard InChI is InChI=1S/C12H12ClN3/c1-3-9-11(15-7-16-12(9)13)10-4-5-14-6-8(10)2/h4-7H,3H2,1-2H3. The quantitative estimate of drug-likeness (QED) is 0.749.